The lowest BCUT2D eigenvalue weighted by Crippen LogP contribution is -2.00. The Bertz CT molecular complexity index is 101. The molecule has 0 aromatic carbocycles. The van der Waals surface area contributed by atoms with Crippen molar-refractivity contribution in [2.24, 2.45) is 0 Å². The molecule has 0 aromatic heterocycles. The normalized spacial score (nSPS) is 15.4. The highest BCUT2D eigenvalue weighted by Crippen LogP contribution is 2.17. The third kappa shape index (κ3) is 9.26. The summed E-state index contributed by atoms with van der Waals surface area (Å²) in [6.07, 6.45) is 10.3. The van der Waals surface area contributed by atoms with Crippen molar-refractivity contribution in [1.29, 1.82) is 0 Å². The SMILES string of the molecule is CCCC(S)CCCCC(S)CCC. The summed E-state index contributed by atoms with van der Waals surface area (Å²) < 4.78 is 0. The summed E-state index contributed by atoms with van der Waals surface area (Å²) in [5.74, 6) is 0. The fraction of sp³-hybridized carbons (Fsp3) is 1.00. The van der Waals surface area contributed by atoms with E-state index in [1.165, 1.54) is 51.4 Å². The molecule has 0 saturated heterocycles. The molecule has 0 nitrogen and oxygen atoms in total. The van der Waals surface area contributed by atoms with Gasteiger partial charge in [0.15, 0.2) is 0 Å². The van der Waals surface area contributed by atoms with Crippen LogP contribution in [0.25, 0.3) is 0 Å². The molecule has 0 saturated carbocycles. The third-order valence-corrected chi connectivity index (χ3v) is 3.60. The van der Waals surface area contributed by atoms with Crippen LogP contribution in [0.4, 0.5) is 0 Å². The van der Waals surface area contributed by atoms with E-state index in [2.05, 4.69) is 39.1 Å². The summed E-state index contributed by atoms with van der Waals surface area (Å²) in [4.78, 5) is 0. The Morgan fingerprint density at radius 1 is 0.714 bits per heavy atom. The lowest BCUT2D eigenvalue weighted by Gasteiger charge is -2.11. The van der Waals surface area contributed by atoms with Gasteiger partial charge in [-0.1, -0.05) is 39.5 Å². The van der Waals surface area contributed by atoms with Crippen LogP contribution in [0.3, 0.4) is 0 Å². The van der Waals surface area contributed by atoms with Crippen LogP contribution in [0.1, 0.15) is 65.2 Å². The van der Waals surface area contributed by atoms with Crippen molar-refractivity contribution in [3.05, 3.63) is 0 Å². The summed E-state index contributed by atoms with van der Waals surface area (Å²) in [5.41, 5.74) is 0. The first-order valence-electron chi connectivity index (χ1n) is 6.06. The highest BCUT2D eigenvalue weighted by molar-refractivity contribution is 7.81. The quantitative estimate of drug-likeness (QED) is 0.418. The molecule has 0 fully saturated rings. The van der Waals surface area contributed by atoms with Crippen LogP contribution >= 0.6 is 25.3 Å². The van der Waals surface area contributed by atoms with Gasteiger partial charge in [-0.2, -0.15) is 25.3 Å². The van der Waals surface area contributed by atoms with Gasteiger partial charge in [0.05, 0.1) is 0 Å². The first kappa shape index (κ1) is 14.7. The van der Waals surface area contributed by atoms with Crippen LogP contribution in [-0.4, -0.2) is 10.5 Å². The Kier molecular flexibility index (Phi) is 10.7. The topological polar surface area (TPSA) is 0 Å². The van der Waals surface area contributed by atoms with Crippen LogP contribution in [0.2, 0.25) is 0 Å². The zero-order valence-electron chi connectivity index (χ0n) is 9.71. The van der Waals surface area contributed by atoms with Crippen molar-refractivity contribution in [2.45, 2.75) is 75.7 Å². The van der Waals surface area contributed by atoms with Gasteiger partial charge in [0.25, 0.3) is 0 Å². The second kappa shape index (κ2) is 10.2. The molecular formula is C12H26S2. The number of hydrogen-bond donors (Lipinski definition) is 2. The summed E-state index contributed by atoms with van der Waals surface area (Å²) in [6.45, 7) is 4.46. The molecule has 0 N–H and O–H groups in total. The highest BCUT2D eigenvalue weighted by Gasteiger charge is 2.03. The number of unbranched alkanes of at least 4 members (excludes halogenated alkanes) is 1. The van der Waals surface area contributed by atoms with E-state index in [0.29, 0.717) is 10.5 Å². The molecule has 2 unspecified atom stereocenters. The van der Waals surface area contributed by atoms with Crippen molar-refractivity contribution < 1.29 is 0 Å². The summed E-state index contributed by atoms with van der Waals surface area (Å²) >= 11 is 9.11. The van der Waals surface area contributed by atoms with Crippen molar-refractivity contribution in [3.8, 4) is 0 Å². The molecule has 14 heavy (non-hydrogen) atoms. The minimum absolute atomic E-state index is 0.629. The van der Waals surface area contributed by atoms with E-state index in [-0.39, 0.29) is 0 Å². The van der Waals surface area contributed by atoms with Crippen LogP contribution in [-0.2, 0) is 0 Å². The van der Waals surface area contributed by atoms with Gasteiger partial charge < -0.3 is 0 Å². The Balaban J connectivity index is 3.19. The molecule has 0 amide bonds. The van der Waals surface area contributed by atoms with Gasteiger partial charge in [-0.05, 0) is 25.7 Å². The standard InChI is InChI=1S/C12H26S2/c1-3-7-11(13)9-5-6-10-12(14)8-4-2/h11-14H,3-10H2,1-2H3. The van der Waals surface area contributed by atoms with Gasteiger partial charge in [0.1, 0.15) is 0 Å². The molecule has 86 valence electrons. The largest absolute Gasteiger partial charge is 0.176 e. The van der Waals surface area contributed by atoms with Crippen molar-refractivity contribution in [1.82, 2.24) is 0 Å². The second-order valence-corrected chi connectivity index (χ2v) is 5.63. The van der Waals surface area contributed by atoms with Gasteiger partial charge in [-0.25, -0.2) is 0 Å². The van der Waals surface area contributed by atoms with Gasteiger partial charge >= 0.3 is 0 Å². The van der Waals surface area contributed by atoms with Crippen LogP contribution in [0, 0.1) is 0 Å². The molecule has 0 bridgehead atoms. The highest BCUT2D eigenvalue weighted by atomic mass is 32.1. The smallest absolute Gasteiger partial charge is 0.00167 e. The van der Waals surface area contributed by atoms with Crippen molar-refractivity contribution >= 4 is 25.3 Å². The van der Waals surface area contributed by atoms with E-state index in [1.54, 1.807) is 0 Å². The van der Waals surface area contributed by atoms with Crippen LogP contribution < -0.4 is 0 Å². The van der Waals surface area contributed by atoms with Crippen molar-refractivity contribution in [2.75, 3.05) is 0 Å². The second-order valence-electron chi connectivity index (χ2n) is 4.17. The van der Waals surface area contributed by atoms with Gasteiger partial charge in [-0.3, -0.25) is 0 Å². The Hall–Kier alpha value is 0.700. The molecule has 0 aliphatic heterocycles. The van der Waals surface area contributed by atoms with E-state index >= 15 is 0 Å². The van der Waals surface area contributed by atoms with Crippen molar-refractivity contribution in [3.63, 3.8) is 0 Å². The van der Waals surface area contributed by atoms with E-state index in [4.69, 9.17) is 0 Å². The minimum Gasteiger partial charge on any atom is -0.176 e. The summed E-state index contributed by atoms with van der Waals surface area (Å²) in [6, 6.07) is 0. The van der Waals surface area contributed by atoms with Gasteiger partial charge in [0.2, 0.25) is 0 Å². The molecule has 0 rings (SSSR count). The molecule has 2 atom stereocenters. The molecular weight excluding hydrogens is 208 g/mol. The Morgan fingerprint density at radius 2 is 1.07 bits per heavy atom. The molecule has 0 heterocycles. The monoisotopic (exact) mass is 234 g/mol. The predicted octanol–water partition coefficient (Wildman–Crippen LogP) is 4.74. The van der Waals surface area contributed by atoms with Gasteiger partial charge in [-0.15, -0.1) is 0 Å². The number of hydrogen-bond acceptors (Lipinski definition) is 2. The minimum atomic E-state index is 0.629. The first-order valence-corrected chi connectivity index (χ1v) is 7.10. The average Bonchev–Trinajstić information content (AvgIpc) is 2.13. The average molecular weight is 234 g/mol. The van der Waals surface area contributed by atoms with E-state index in [9.17, 15) is 0 Å². The lowest BCUT2D eigenvalue weighted by molar-refractivity contribution is 0.579. The number of rotatable bonds is 9. The summed E-state index contributed by atoms with van der Waals surface area (Å²) in [7, 11) is 0. The zero-order chi connectivity index (χ0) is 10.8. The maximum absolute atomic E-state index is 4.56. The molecule has 0 aromatic rings. The maximum atomic E-state index is 4.56. The predicted molar refractivity (Wildman–Crippen MR) is 73.8 cm³/mol. The first-order chi connectivity index (χ1) is 6.70. The zero-order valence-corrected chi connectivity index (χ0v) is 11.5. The number of thiol groups is 2. The fourth-order valence-corrected chi connectivity index (χ4v) is 2.60. The van der Waals surface area contributed by atoms with Crippen LogP contribution in [0.5, 0.6) is 0 Å². The Labute approximate surface area is 101 Å². The third-order valence-electron chi connectivity index (χ3n) is 2.57. The molecule has 0 aliphatic rings. The van der Waals surface area contributed by atoms with E-state index in [1.807, 2.05) is 0 Å². The van der Waals surface area contributed by atoms with Gasteiger partial charge in [0, 0.05) is 10.5 Å². The molecule has 0 spiro atoms. The van der Waals surface area contributed by atoms with E-state index < -0.39 is 0 Å². The molecule has 0 aliphatic carbocycles. The molecule has 0 radical (unpaired) electrons. The maximum Gasteiger partial charge on any atom is 0.00167 e. The Morgan fingerprint density at radius 3 is 1.36 bits per heavy atom. The van der Waals surface area contributed by atoms with Crippen LogP contribution in [0.15, 0.2) is 0 Å². The fourth-order valence-electron chi connectivity index (χ4n) is 1.72. The lowest BCUT2D eigenvalue weighted by atomic mass is 10.1. The molecule has 2 heteroatoms. The van der Waals surface area contributed by atoms with E-state index in [0.717, 1.165) is 0 Å². The summed E-state index contributed by atoms with van der Waals surface area (Å²) in [5, 5.41) is 1.26.